The number of nitrogens with zero attached hydrogens (tertiary/aromatic N) is 2. The molecule has 0 bridgehead atoms. The van der Waals surface area contributed by atoms with Gasteiger partial charge in [0.25, 0.3) is 0 Å². The van der Waals surface area contributed by atoms with Crippen LogP contribution in [0.15, 0.2) is 36.4 Å². The molecular weight excluding hydrogens is 343 g/mol. The van der Waals surface area contributed by atoms with Gasteiger partial charge < -0.3 is 10.6 Å². The molecule has 2 heterocycles. The van der Waals surface area contributed by atoms with E-state index in [4.69, 9.17) is 5.73 Å². The molecule has 3 rings (SSSR count). The fourth-order valence-corrected chi connectivity index (χ4v) is 3.68. The van der Waals surface area contributed by atoms with Crippen LogP contribution in [-0.4, -0.2) is 16.4 Å². The van der Waals surface area contributed by atoms with Crippen LogP contribution in [0.1, 0.15) is 37.6 Å². The lowest BCUT2D eigenvalue weighted by Crippen LogP contribution is -2.60. The summed E-state index contributed by atoms with van der Waals surface area (Å²) in [7, 11) is 0. The van der Waals surface area contributed by atoms with Gasteiger partial charge in [0.2, 0.25) is 5.91 Å². The topological polar surface area (TPSA) is 59.2 Å². The fraction of sp³-hybridized carbons (Fsp3) is 0.368. The molecule has 0 saturated heterocycles. The van der Waals surface area contributed by atoms with Crippen molar-refractivity contribution in [3.05, 3.63) is 53.2 Å². The van der Waals surface area contributed by atoms with Crippen LogP contribution in [-0.2, 0) is 16.4 Å². The Bertz CT molecular complexity index is 892. The van der Waals surface area contributed by atoms with Gasteiger partial charge in [-0.25, -0.2) is 4.98 Å². The molecule has 0 radical (unpaired) electrons. The van der Waals surface area contributed by atoms with E-state index in [0.29, 0.717) is 5.69 Å². The minimum Gasteiger partial charge on any atom is -0.368 e. The van der Waals surface area contributed by atoms with Gasteiger partial charge in [-0.2, -0.15) is 13.2 Å². The molecule has 1 aliphatic rings. The highest BCUT2D eigenvalue weighted by atomic mass is 19.4. The number of carbonyl (C=O) groups excluding carboxylic acids is 1. The predicted octanol–water partition coefficient (Wildman–Crippen LogP) is 4.08. The number of aryl methyl sites for hydroxylation is 1. The largest absolute Gasteiger partial charge is 0.416 e. The van der Waals surface area contributed by atoms with Crippen molar-refractivity contribution in [2.45, 2.75) is 44.8 Å². The van der Waals surface area contributed by atoms with E-state index in [1.165, 1.54) is 11.8 Å². The molecule has 1 aromatic heterocycles. The molecule has 4 nitrogen and oxygen atoms in total. The zero-order valence-electron chi connectivity index (χ0n) is 15.0. The molecule has 2 N–H and O–H groups in total. The highest BCUT2D eigenvalue weighted by Crippen LogP contribution is 2.54. The quantitative estimate of drug-likeness (QED) is 0.875. The first-order chi connectivity index (χ1) is 11.9. The summed E-state index contributed by atoms with van der Waals surface area (Å²) < 4.78 is 39.9. The molecule has 0 fully saturated rings. The Labute approximate surface area is 149 Å². The van der Waals surface area contributed by atoms with Gasteiger partial charge in [-0.15, -0.1) is 0 Å². The number of pyridine rings is 1. The second-order valence-corrected chi connectivity index (χ2v) is 7.27. The predicted molar refractivity (Wildman–Crippen MR) is 93.2 cm³/mol. The molecule has 1 aromatic carbocycles. The minimum atomic E-state index is -4.51. The van der Waals surface area contributed by atoms with E-state index in [-0.39, 0.29) is 11.5 Å². The number of primary amides is 1. The van der Waals surface area contributed by atoms with E-state index in [2.05, 4.69) is 4.98 Å². The number of aromatic nitrogens is 1. The number of para-hydroxylation sites is 1. The van der Waals surface area contributed by atoms with Crippen molar-refractivity contribution in [1.29, 1.82) is 0 Å². The minimum absolute atomic E-state index is 0.0525. The van der Waals surface area contributed by atoms with Crippen molar-refractivity contribution in [2.24, 2.45) is 5.73 Å². The highest BCUT2D eigenvalue weighted by Gasteiger charge is 2.58. The van der Waals surface area contributed by atoms with Crippen molar-refractivity contribution < 1.29 is 18.0 Å². The molecule has 0 saturated carbocycles. The van der Waals surface area contributed by atoms with E-state index >= 15 is 0 Å². The Balaban J connectivity index is 2.33. The summed E-state index contributed by atoms with van der Waals surface area (Å²) in [5, 5.41) is 0. The Morgan fingerprint density at radius 3 is 2.35 bits per heavy atom. The maximum Gasteiger partial charge on any atom is 0.416 e. The summed E-state index contributed by atoms with van der Waals surface area (Å²) in [5.74, 6) is -0.577. The second-order valence-electron chi connectivity index (χ2n) is 7.27. The molecule has 1 atom stereocenters. The van der Waals surface area contributed by atoms with Gasteiger partial charge in [0.15, 0.2) is 0 Å². The SMILES string of the molecule is Cc1cc(C(F)(F)F)cc(N2c3ccccc3C(C)(C)C2(C)C(N)=O)n1. The smallest absolute Gasteiger partial charge is 0.368 e. The van der Waals surface area contributed by atoms with E-state index in [0.717, 1.165) is 17.7 Å². The monoisotopic (exact) mass is 363 g/mol. The zero-order chi connectivity index (χ0) is 19.5. The normalized spacial score (nSPS) is 21.6. The second kappa shape index (κ2) is 5.46. The number of alkyl halides is 3. The van der Waals surface area contributed by atoms with Crippen LogP contribution in [0.25, 0.3) is 0 Å². The number of anilines is 2. The van der Waals surface area contributed by atoms with Crippen LogP contribution in [0.2, 0.25) is 0 Å². The van der Waals surface area contributed by atoms with Crippen molar-refractivity contribution in [2.75, 3.05) is 4.90 Å². The number of rotatable bonds is 2. The first-order valence-electron chi connectivity index (χ1n) is 8.16. The number of carbonyl (C=O) groups is 1. The van der Waals surface area contributed by atoms with Crippen molar-refractivity contribution in [1.82, 2.24) is 4.98 Å². The summed E-state index contributed by atoms with van der Waals surface area (Å²) in [6.07, 6.45) is -4.51. The maximum absolute atomic E-state index is 13.3. The van der Waals surface area contributed by atoms with E-state index in [1.54, 1.807) is 19.1 Å². The van der Waals surface area contributed by atoms with Crippen molar-refractivity contribution in [3.8, 4) is 0 Å². The number of hydrogen-bond acceptors (Lipinski definition) is 3. The lowest BCUT2D eigenvalue weighted by atomic mass is 9.71. The van der Waals surface area contributed by atoms with Gasteiger partial charge in [-0.1, -0.05) is 32.0 Å². The van der Waals surface area contributed by atoms with Crippen molar-refractivity contribution >= 4 is 17.4 Å². The van der Waals surface area contributed by atoms with Crippen LogP contribution in [0.3, 0.4) is 0 Å². The third kappa shape index (κ3) is 2.37. The summed E-state index contributed by atoms with van der Waals surface area (Å²) in [6.45, 7) is 6.86. The Morgan fingerprint density at radius 2 is 1.77 bits per heavy atom. The zero-order valence-corrected chi connectivity index (χ0v) is 15.0. The average Bonchev–Trinajstić information content (AvgIpc) is 2.71. The first-order valence-corrected chi connectivity index (χ1v) is 8.16. The molecular formula is C19H20F3N3O. The third-order valence-corrected chi connectivity index (χ3v) is 5.46. The van der Waals surface area contributed by atoms with Crippen LogP contribution in [0.4, 0.5) is 24.7 Å². The maximum atomic E-state index is 13.3. The van der Waals surface area contributed by atoms with Gasteiger partial charge in [0.05, 0.1) is 5.56 Å². The van der Waals surface area contributed by atoms with E-state index < -0.39 is 28.6 Å². The number of halogens is 3. The average molecular weight is 363 g/mol. The molecule has 1 amide bonds. The van der Waals surface area contributed by atoms with Gasteiger partial charge in [0.1, 0.15) is 11.4 Å². The molecule has 26 heavy (non-hydrogen) atoms. The Hall–Kier alpha value is -2.57. The summed E-state index contributed by atoms with van der Waals surface area (Å²) in [4.78, 5) is 18.3. The summed E-state index contributed by atoms with van der Waals surface area (Å²) >= 11 is 0. The highest BCUT2D eigenvalue weighted by molar-refractivity contribution is 5.96. The van der Waals surface area contributed by atoms with Crippen LogP contribution in [0, 0.1) is 6.92 Å². The van der Waals surface area contributed by atoms with Gasteiger partial charge in [0, 0.05) is 16.8 Å². The fourth-order valence-electron chi connectivity index (χ4n) is 3.68. The number of amides is 1. The molecule has 1 aliphatic heterocycles. The molecule has 138 valence electrons. The number of hydrogen-bond donors (Lipinski definition) is 1. The van der Waals surface area contributed by atoms with Crippen LogP contribution < -0.4 is 10.6 Å². The molecule has 0 spiro atoms. The summed E-state index contributed by atoms with van der Waals surface area (Å²) in [5.41, 5.74) is 4.61. The molecule has 1 unspecified atom stereocenters. The Kier molecular flexibility index (Phi) is 3.83. The van der Waals surface area contributed by atoms with Crippen molar-refractivity contribution in [3.63, 3.8) is 0 Å². The lowest BCUT2D eigenvalue weighted by Gasteiger charge is -2.42. The van der Waals surface area contributed by atoms with Crippen LogP contribution >= 0.6 is 0 Å². The number of nitrogens with two attached hydrogens (primary N) is 1. The van der Waals surface area contributed by atoms with Gasteiger partial charge in [-0.05, 0) is 37.6 Å². The van der Waals surface area contributed by atoms with E-state index in [9.17, 15) is 18.0 Å². The number of fused-ring (bicyclic) bond motifs is 1. The first kappa shape index (κ1) is 18.2. The van der Waals surface area contributed by atoms with Gasteiger partial charge in [-0.3, -0.25) is 4.79 Å². The standard InChI is InChI=1S/C19H20F3N3O/c1-11-9-12(19(20,21)22)10-15(24-11)25-14-8-6-5-7-13(14)17(2,3)18(25,4)16(23)26/h5-10H,1-4H3,(H2,23,26). The molecule has 2 aromatic rings. The summed E-state index contributed by atoms with van der Waals surface area (Å²) in [6, 6.07) is 9.18. The number of benzene rings is 1. The third-order valence-electron chi connectivity index (χ3n) is 5.46. The molecule has 0 aliphatic carbocycles. The van der Waals surface area contributed by atoms with E-state index in [1.807, 2.05) is 26.0 Å². The Morgan fingerprint density at radius 1 is 1.15 bits per heavy atom. The van der Waals surface area contributed by atoms with Gasteiger partial charge >= 0.3 is 6.18 Å². The van der Waals surface area contributed by atoms with Crippen LogP contribution in [0.5, 0.6) is 0 Å². The lowest BCUT2D eigenvalue weighted by molar-refractivity contribution is -0.137. The molecule has 7 heteroatoms.